The molecule has 13 heavy (non-hydrogen) atoms. The topological polar surface area (TPSA) is 26.3 Å². The van der Waals surface area contributed by atoms with Crippen molar-refractivity contribution in [2.75, 3.05) is 0 Å². The Bertz CT molecular complexity index is 161. The summed E-state index contributed by atoms with van der Waals surface area (Å²) in [6, 6.07) is 0. The molecule has 0 aromatic rings. The Morgan fingerprint density at radius 2 is 2.15 bits per heavy atom. The van der Waals surface area contributed by atoms with Gasteiger partial charge in [0.15, 0.2) is 0 Å². The zero-order valence-corrected chi connectivity index (χ0v) is 8.88. The lowest BCUT2D eigenvalue weighted by Crippen LogP contribution is -2.15. The van der Waals surface area contributed by atoms with E-state index in [-0.39, 0.29) is 12.1 Å². The highest BCUT2D eigenvalue weighted by atomic mass is 16.5. The van der Waals surface area contributed by atoms with E-state index in [1.54, 1.807) is 6.08 Å². The van der Waals surface area contributed by atoms with Gasteiger partial charge in [0.25, 0.3) is 0 Å². The number of carbonyl (C=O) groups excluding carboxylic acids is 1. The molecule has 1 unspecified atom stereocenters. The molecule has 0 fully saturated rings. The predicted octanol–water partition coefficient (Wildman–Crippen LogP) is 3.07. The van der Waals surface area contributed by atoms with Crippen molar-refractivity contribution < 1.29 is 9.53 Å². The lowest BCUT2D eigenvalue weighted by molar-refractivity contribution is -0.143. The maximum atomic E-state index is 11.1. The first-order chi connectivity index (χ1) is 6.24. The minimum atomic E-state index is -0.217. The monoisotopic (exact) mass is 184 g/mol. The van der Waals surface area contributed by atoms with Crippen LogP contribution in [0.15, 0.2) is 12.2 Å². The molecule has 0 N–H and O–H groups in total. The second-order valence-corrected chi connectivity index (χ2v) is 3.11. The molecule has 0 aliphatic carbocycles. The molecule has 1 atom stereocenters. The summed E-state index contributed by atoms with van der Waals surface area (Å²) in [5.41, 5.74) is 0. The van der Waals surface area contributed by atoms with Crippen LogP contribution in [0, 0.1) is 0 Å². The maximum absolute atomic E-state index is 11.1. The second kappa shape index (κ2) is 7.84. The van der Waals surface area contributed by atoms with Gasteiger partial charge in [-0.25, -0.2) is 4.79 Å². The summed E-state index contributed by atoms with van der Waals surface area (Å²) in [5.74, 6) is -0.217. The van der Waals surface area contributed by atoms with Crippen LogP contribution in [-0.2, 0) is 9.53 Å². The zero-order valence-electron chi connectivity index (χ0n) is 8.88. The third-order valence-electron chi connectivity index (χ3n) is 1.92. The van der Waals surface area contributed by atoms with Crippen LogP contribution in [0.5, 0.6) is 0 Å². The van der Waals surface area contributed by atoms with Crippen molar-refractivity contribution >= 4 is 5.97 Å². The first kappa shape index (κ1) is 12.2. The van der Waals surface area contributed by atoms with Crippen LogP contribution in [0.3, 0.4) is 0 Å². The van der Waals surface area contributed by atoms with Gasteiger partial charge in [-0.3, -0.25) is 0 Å². The Morgan fingerprint density at radius 3 is 2.62 bits per heavy atom. The lowest BCUT2D eigenvalue weighted by Gasteiger charge is -2.14. The van der Waals surface area contributed by atoms with Crippen molar-refractivity contribution in [2.45, 2.75) is 52.6 Å². The van der Waals surface area contributed by atoms with Crippen molar-refractivity contribution in [3.8, 4) is 0 Å². The van der Waals surface area contributed by atoms with Crippen molar-refractivity contribution in [1.29, 1.82) is 0 Å². The summed E-state index contributed by atoms with van der Waals surface area (Å²) >= 11 is 0. The molecule has 76 valence electrons. The fourth-order valence-corrected chi connectivity index (χ4v) is 1.12. The van der Waals surface area contributed by atoms with E-state index in [2.05, 4.69) is 6.92 Å². The van der Waals surface area contributed by atoms with Crippen LogP contribution < -0.4 is 0 Å². The number of esters is 1. The van der Waals surface area contributed by atoms with Gasteiger partial charge in [-0.1, -0.05) is 32.8 Å². The molecule has 0 aromatic carbocycles. The Morgan fingerprint density at radius 1 is 1.46 bits per heavy atom. The molecule has 0 saturated carbocycles. The molecular formula is C11H20O2. The fourth-order valence-electron chi connectivity index (χ4n) is 1.12. The zero-order chi connectivity index (χ0) is 10.1. The summed E-state index contributed by atoms with van der Waals surface area (Å²) in [6.07, 6.45) is 7.44. The molecule has 0 heterocycles. The molecule has 2 heteroatoms. The predicted molar refractivity (Wildman–Crippen MR) is 54.5 cm³/mol. The molecule has 0 aliphatic heterocycles. The third kappa shape index (κ3) is 6.38. The summed E-state index contributed by atoms with van der Waals surface area (Å²) in [7, 11) is 0. The Kier molecular flexibility index (Phi) is 7.36. The summed E-state index contributed by atoms with van der Waals surface area (Å²) in [4.78, 5) is 11.1. The fraction of sp³-hybridized carbons (Fsp3) is 0.727. The number of rotatable bonds is 6. The highest BCUT2D eigenvalue weighted by molar-refractivity contribution is 5.81. The first-order valence-electron chi connectivity index (χ1n) is 5.07. The van der Waals surface area contributed by atoms with Gasteiger partial charge in [-0.05, 0) is 19.8 Å². The minimum Gasteiger partial charge on any atom is -0.459 e. The van der Waals surface area contributed by atoms with Crippen LogP contribution in [0.25, 0.3) is 0 Å². The number of carbonyl (C=O) groups is 1. The van der Waals surface area contributed by atoms with E-state index >= 15 is 0 Å². The van der Waals surface area contributed by atoms with Gasteiger partial charge in [0.1, 0.15) is 6.10 Å². The van der Waals surface area contributed by atoms with Crippen LogP contribution in [-0.4, -0.2) is 12.1 Å². The van der Waals surface area contributed by atoms with Gasteiger partial charge < -0.3 is 4.74 Å². The van der Waals surface area contributed by atoms with Crippen molar-refractivity contribution in [3.63, 3.8) is 0 Å². The van der Waals surface area contributed by atoms with Crippen molar-refractivity contribution in [2.24, 2.45) is 0 Å². The molecule has 0 aliphatic rings. The van der Waals surface area contributed by atoms with E-state index < -0.39 is 0 Å². The number of hydrogen-bond acceptors (Lipinski definition) is 2. The Hall–Kier alpha value is -0.790. The number of ether oxygens (including phenoxy) is 1. The number of unbranched alkanes of at least 4 members (excludes halogenated alkanes) is 1. The molecular weight excluding hydrogens is 164 g/mol. The largest absolute Gasteiger partial charge is 0.459 e. The molecule has 0 aromatic heterocycles. The highest BCUT2D eigenvalue weighted by Gasteiger charge is 2.08. The smallest absolute Gasteiger partial charge is 0.330 e. The average molecular weight is 184 g/mol. The van der Waals surface area contributed by atoms with E-state index in [4.69, 9.17) is 4.74 Å². The number of allylic oxidation sites excluding steroid dienone is 1. The van der Waals surface area contributed by atoms with Crippen LogP contribution in [0.4, 0.5) is 0 Å². The second-order valence-electron chi connectivity index (χ2n) is 3.11. The normalized spacial score (nSPS) is 13.2. The van der Waals surface area contributed by atoms with E-state index in [1.807, 2.05) is 13.8 Å². The Labute approximate surface area is 81.0 Å². The van der Waals surface area contributed by atoms with E-state index in [9.17, 15) is 4.79 Å². The van der Waals surface area contributed by atoms with Gasteiger partial charge in [-0.2, -0.15) is 0 Å². The summed E-state index contributed by atoms with van der Waals surface area (Å²) < 4.78 is 5.22. The molecule has 2 nitrogen and oxygen atoms in total. The van der Waals surface area contributed by atoms with Gasteiger partial charge in [-0.15, -0.1) is 0 Å². The number of hydrogen-bond donors (Lipinski definition) is 0. The standard InChI is InChI=1S/C11H20O2/c1-4-7-9-10(6-3)13-11(12)8-5-2/h5,8,10H,4,6-7,9H2,1-3H3/b8-5+. The Balaban J connectivity index is 3.76. The SMILES string of the molecule is C/C=C/C(=O)OC(CC)CCCC. The van der Waals surface area contributed by atoms with E-state index in [0.717, 1.165) is 25.7 Å². The molecule has 0 saturated heterocycles. The summed E-state index contributed by atoms with van der Waals surface area (Å²) in [5, 5.41) is 0. The highest BCUT2D eigenvalue weighted by Crippen LogP contribution is 2.08. The van der Waals surface area contributed by atoms with Crippen molar-refractivity contribution in [3.05, 3.63) is 12.2 Å². The van der Waals surface area contributed by atoms with Crippen molar-refractivity contribution in [1.82, 2.24) is 0 Å². The minimum absolute atomic E-state index is 0.101. The van der Waals surface area contributed by atoms with E-state index in [1.165, 1.54) is 6.08 Å². The van der Waals surface area contributed by atoms with Gasteiger partial charge in [0, 0.05) is 6.08 Å². The molecule has 0 spiro atoms. The van der Waals surface area contributed by atoms with Gasteiger partial charge in [0.05, 0.1) is 0 Å². The summed E-state index contributed by atoms with van der Waals surface area (Å²) in [6.45, 7) is 6.00. The molecule has 0 radical (unpaired) electrons. The van der Waals surface area contributed by atoms with Gasteiger partial charge >= 0.3 is 5.97 Å². The molecule has 0 rings (SSSR count). The van der Waals surface area contributed by atoms with Gasteiger partial charge in [0.2, 0.25) is 0 Å². The molecule has 0 bridgehead atoms. The molecule has 0 amide bonds. The van der Waals surface area contributed by atoms with Crippen LogP contribution in [0.2, 0.25) is 0 Å². The first-order valence-corrected chi connectivity index (χ1v) is 5.07. The van der Waals surface area contributed by atoms with Crippen LogP contribution in [0.1, 0.15) is 46.5 Å². The van der Waals surface area contributed by atoms with E-state index in [0.29, 0.717) is 0 Å². The van der Waals surface area contributed by atoms with Crippen LogP contribution >= 0.6 is 0 Å². The quantitative estimate of drug-likeness (QED) is 0.468. The third-order valence-corrected chi connectivity index (χ3v) is 1.92. The lowest BCUT2D eigenvalue weighted by atomic mass is 10.1. The average Bonchev–Trinajstić information content (AvgIpc) is 2.12. The maximum Gasteiger partial charge on any atom is 0.330 e.